The molecule has 0 saturated heterocycles. The number of amides is 2. The van der Waals surface area contributed by atoms with Gasteiger partial charge in [0.1, 0.15) is 0 Å². The third-order valence-corrected chi connectivity index (χ3v) is 2.35. The SMILES string of the molecule is COC(=O)C(CO)(C(C)=O)N(C(C)=O)C(C)=O. The quantitative estimate of drug-likeness (QED) is 0.497. The number of carbonyl (C=O) groups is 4. The summed E-state index contributed by atoms with van der Waals surface area (Å²) in [6.07, 6.45) is 0. The van der Waals surface area contributed by atoms with Gasteiger partial charge in [-0.1, -0.05) is 0 Å². The predicted octanol–water partition coefficient (Wildman–Crippen LogP) is -1.13. The molecule has 0 aromatic heterocycles. The van der Waals surface area contributed by atoms with Gasteiger partial charge in [0.05, 0.1) is 13.7 Å². The third-order valence-electron chi connectivity index (χ3n) is 2.35. The number of imide groups is 1. The van der Waals surface area contributed by atoms with Gasteiger partial charge in [0.2, 0.25) is 17.4 Å². The summed E-state index contributed by atoms with van der Waals surface area (Å²) in [6, 6.07) is 0. The zero-order valence-corrected chi connectivity index (χ0v) is 10.1. The molecule has 0 aromatic carbocycles. The van der Waals surface area contributed by atoms with Crippen LogP contribution in [0.4, 0.5) is 0 Å². The van der Waals surface area contributed by atoms with Crippen molar-refractivity contribution in [1.82, 2.24) is 4.90 Å². The van der Waals surface area contributed by atoms with Crippen LogP contribution in [0.25, 0.3) is 0 Å². The molecule has 0 aliphatic rings. The van der Waals surface area contributed by atoms with Crippen LogP contribution in [0.5, 0.6) is 0 Å². The molecule has 0 radical (unpaired) electrons. The lowest BCUT2D eigenvalue weighted by molar-refractivity contribution is -0.173. The average Bonchev–Trinajstić information content (AvgIpc) is 2.22. The number of methoxy groups -OCH3 is 1. The van der Waals surface area contributed by atoms with Crippen molar-refractivity contribution in [2.24, 2.45) is 0 Å². The number of nitrogens with zero attached hydrogens (tertiary/aromatic N) is 1. The van der Waals surface area contributed by atoms with Crippen molar-refractivity contribution in [1.29, 1.82) is 0 Å². The number of esters is 1. The van der Waals surface area contributed by atoms with E-state index in [-0.39, 0.29) is 0 Å². The number of Topliss-reactive ketones (excluding diaryl/α,β-unsaturated/α-hetero) is 1. The second-order valence-corrected chi connectivity index (χ2v) is 3.44. The summed E-state index contributed by atoms with van der Waals surface area (Å²) in [7, 11) is 0.994. The third kappa shape index (κ3) is 2.50. The van der Waals surface area contributed by atoms with Gasteiger partial charge in [-0.15, -0.1) is 0 Å². The summed E-state index contributed by atoms with van der Waals surface area (Å²) in [5, 5.41) is 9.25. The normalized spacial score (nSPS) is 13.5. The van der Waals surface area contributed by atoms with Gasteiger partial charge in [0.25, 0.3) is 0 Å². The Hall–Kier alpha value is -1.76. The van der Waals surface area contributed by atoms with Gasteiger partial charge >= 0.3 is 5.97 Å². The van der Waals surface area contributed by atoms with Crippen LogP contribution < -0.4 is 0 Å². The Bertz CT molecular complexity index is 350. The van der Waals surface area contributed by atoms with Gasteiger partial charge in [-0.3, -0.25) is 19.3 Å². The molecule has 1 atom stereocenters. The van der Waals surface area contributed by atoms with Crippen molar-refractivity contribution in [2.75, 3.05) is 13.7 Å². The Morgan fingerprint density at radius 3 is 1.71 bits per heavy atom. The van der Waals surface area contributed by atoms with E-state index in [1.807, 2.05) is 0 Å². The summed E-state index contributed by atoms with van der Waals surface area (Å²) in [6.45, 7) is 2.00. The minimum absolute atomic E-state index is 0.404. The first-order valence-electron chi connectivity index (χ1n) is 4.77. The van der Waals surface area contributed by atoms with Crippen LogP contribution in [-0.2, 0) is 23.9 Å². The van der Waals surface area contributed by atoms with Gasteiger partial charge in [-0.2, -0.15) is 0 Å². The van der Waals surface area contributed by atoms with E-state index in [1.165, 1.54) is 0 Å². The van der Waals surface area contributed by atoms with E-state index in [9.17, 15) is 24.3 Å². The molecular weight excluding hydrogens is 230 g/mol. The maximum atomic E-state index is 11.6. The lowest BCUT2D eigenvalue weighted by Crippen LogP contribution is -2.65. The van der Waals surface area contributed by atoms with Crippen molar-refractivity contribution < 1.29 is 29.0 Å². The van der Waals surface area contributed by atoms with Crippen LogP contribution in [0.3, 0.4) is 0 Å². The van der Waals surface area contributed by atoms with E-state index in [0.717, 1.165) is 27.9 Å². The molecule has 0 saturated carbocycles. The Morgan fingerprint density at radius 2 is 1.53 bits per heavy atom. The number of aliphatic hydroxyl groups excluding tert-OH is 1. The first kappa shape index (κ1) is 15.2. The molecular formula is C10H15NO6. The number of aliphatic hydroxyl groups is 1. The van der Waals surface area contributed by atoms with Crippen LogP contribution in [0.1, 0.15) is 20.8 Å². The first-order valence-corrected chi connectivity index (χ1v) is 4.77. The summed E-state index contributed by atoms with van der Waals surface area (Å²) in [5.41, 5.74) is -2.30. The van der Waals surface area contributed by atoms with Crippen molar-refractivity contribution in [3.8, 4) is 0 Å². The highest BCUT2D eigenvalue weighted by atomic mass is 16.5. The topological polar surface area (TPSA) is 101 Å². The van der Waals surface area contributed by atoms with Gasteiger partial charge in [-0.05, 0) is 6.92 Å². The van der Waals surface area contributed by atoms with Crippen molar-refractivity contribution >= 4 is 23.6 Å². The van der Waals surface area contributed by atoms with E-state index < -0.39 is 35.7 Å². The molecule has 0 aliphatic carbocycles. The van der Waals surface area contributed by atoms with Crippen LogP contribution in [0.15, 0.2) is 0 Å². The Kier molecular flexibility index (Phi) is 4.96. The molecule has 7 heteroatoms. The summed E-state index contributed by atoms with van der Waals surface area (Å²) < 4.78 is 4.38. The van der Waals surface area contributed by atoms with E-state index in [4.69, 9.17) is 0 Å². The van der Waals surface area contributed by atoms with E-state index >= 15 is 0 Å². The number of ether oxygens (including phenoxy) is 1. The van der Waals surface area contributed by atoms with Gasteiger partial charge in [-0.25, -0.2) is 4.79 Å². The lowest BCUT2D eigenvalue weighted by atomic mass is 9.93. The molecule has 0 spiro atoms. The fraction of sp³-hybridized carbons (Fsp3) is 0.600. The summed E-state index contributed by atoms with van der Waals surface area (Å²) in [5.74, 6) is -3.66. The molecule has 1 N–H and O–H groups in total. The van der Waals surface area contributed by atoms with E-state index in [0.29, 0.717) is 4.90 Å². The summed E-state index contributed by atoms with van der Waals surface area (Å²) >= 11 is 0. The number of hydrogen-bond donors (Lipinski definition) is 1. The van der Waals surface area contributed by atoms with Crippen molar-refractivity contribution in [3.05, 3.63) is 0 Å². The molecule has 0 aromatic rings. The molecule has 96 valence electrons. The fourth-order valence-corrected chi connectivity index (χ4v) is 1.57. The molecule has 0 rings (SSSR count). The van der Waals surface area contributed by atoms with Gasteiger partial charge in [0, 0.05) is 13.8 Å². The minimum Gasteiger partial charge on any atom is -0.467 e. The molecule has 17 heavy (non-hydrogen) atoms. The van der Waals surface area contributed by atoms with Gasteiger partial charge in [0.15, 0.2) is 5.78 Å². The van der Waals surface area contributed by atoms with Crippen LogP contribution in [-0.4, -0.2) is 52.8 Å². The highest BCUT2D eigenvalue weighted by Gasteiger charge is 2.52. The number of rotatable bonds is 4. The fourth-order valence-electron chi connectivity index (χ4n) is 1.57. The number of hydrogen-bond acceptors (Lipinski definition) is 6. The molecule has 7 nitrogen and oxygen atoms in total. The number of carbonyl (C=O) groups excluding carboxylic acids is 4. The molecule has 1 unspecified atom stereocenters. The average molecular weight is 245 g/mol. The van der Waals surface area contributed by atoms with Crippen LogP contribution in [0.2, 0.25) is 0 Å². The standard InChI is InChI=1S/C10H15NO6/c1-6(13)10(5-12,9(16)17-4)11(7(2)14)8(3)15/h12H,5H2,1-4H3. The van der Waals surface area contributed by atoms with E-state index in [1.54, 1.807) is 0 Å². The second-order valence-electron chi connectivity index (χ2n) is 3.44. The maximum Gasteiger partial charge on any atom is 0.342 e. The highest BCUT2D eigenvalue weighted by Crippen LogP contribution is 2.19. The van der Waals surface area contributed by atoms with Crippen LogP contribution >= 0.6 is 0 Å². The molecule has 2 amide bonds. The predicted molar refractivity (Wildman–Crippen MR) is 55.7 cm³/mol. The molecule has 0 aliphatic heterocycles. The maximum absolute atomic E-state index is 11.6. The summed E-state index contributed by atoms with van der Waals surface area (Å²) in [4.78, 5) is 46.3. The largest absolute Gasteiger partial charge is 0.467 e. The Balaban J connectivity index is 5.89. The Labute approximate surface area is 98.3 Å². The number of ketones is 1. The Morgan fingerprint density at radius 1 is 1.12 bits per heavy atom. The zero-order chi connectivity index (χ0) is 13.8. The highest BCUT2D eigenvalue weighted by molar-refractivity contribution is 6.14. The van der Waals surface area contributed by atoms with Gasteiger partial charge < -0.3 is 9.84 Å². The van der Waals surface area contributed by atoms with E-state index in [2.05, 4.69) is 4.74 Å². The van der Waals surface area contributed by atoms with Crippen molar-refractivity contribution in [3.63, 3.8) is 0 Å². The monoisotopic (exact) mass is 245 g/mol. The first-order chi connectivity index (χ1) is 7.75. The van der Waals surface area contributed by atoms with Crippen LogP contribution in [0, 0.1) is 0 Å². The molecule has 0 bridgehead atoms. The lowest BCUT2D eigenvalue weighted by Gasteiger charge is -2.35. The minimum atomic E-state index is -2.30. The molecule has 0 fully saturated rings. The molecule has 0 heterocycles. The zero-order valence-electron chi connectivity index (χ0n) is 10.1. The van der Waals surface area contributed by atoms with Crippen molar-refractivity contribution in [2.45, 2.75) is 26.3 Å². The smallest absolute Gasteiger partial charge is 0.342 e. The second kappa shape index (κ2) is 5.53.